The Hall–Kier alpha value is -3.58. The number of ether oxygens (including phenoxy) is 2. The molecule has 4 aromatic rings. The van der Waals surface area contributed by atoms with Crippen LogP contribution in [-0.4, -0.2) is 30.6 Å². The van der Waals surface area contributed by atoms with Gasteiger partial charge in [0.1, 0.15) is 30.9 Å². The minimum atomic E-state index is -0.0197. The zero-order valence-corrected chi connectivity index (χ0v) is 18.8. The Balaban J connectivity index is 1.54. The predicted octanol–water partition coefficient (Wildman–Crippen LogP) is 4.94. The molecule has 164 valence electrons. The molecule has 0 fully saturated rings. The Bertz CT molecular complexity index is 1280. The van der Waals surface area contributed by atoms with Crippen molar-refractivity contribution in [3.05, 3.63) is 93.6 Å². The van der Waals surface area contributed by atoms with E-state index in [0.717, 1.165) is 32.8 Å². The zero-order chi connectivity index (χ0) is 22.3. The lowest BCUT2D eigenvalue weighted by molar-refractivity contribution is 0.214. The summed E-state index contributed by atoms with van der Waals surface area (Å²) >= 11 is 1.21. The van der Waals surface area contributed by atoms with Crippen LogP contribution in [0.25, 0.3) is 10.2 Å². The van der Waals surface area contributed by atoms with E-state index in [1.165, 1.54) is 18.4 Å². The van der Waals surface area contributed by atoms with Gasteiger partial charge in [-0.1, -0.05) is 59.0 Å². The molecule has 0 radical (unpaired) electrons. The van der Waals surface area contributed by atoms with E-state index >= 15 is 0 Å². The van der Waals surface area contributed by atoms with Crippen LogP contribution in [0.4, 0.5) is 0 Å². The van der Waals surface area contributed by atoms with Gasteiger partial charge in [0.05, 0.1) is 23.4 Å². The maximum Gasteiger partial charge on any atom is 0.308 e. The molecule has 3 aromatic carbocycles. The van der Waals surface area contributed by atoms with E-state index < -0.39 is 0 Å². The average molecular weight is 449 g/mol. The molecule has 4 rings (SSSR count). The summed E-state index contributed by atoms with van der Waals surface area (Å²) in [5.74, 6) is 1.48. The van der Waals surface area contributed by atoms with Crippen LogP contribution in [0.15, 0.2) is 82.7 Å². The number of hydrogen-bond donors (Lipinski definition) is 0. The first kappa shape index (κ1) is 21.6. The summed E-state index contributed by atoms with van der Waals surface area (Å²) in [5.41, 5.74) is 3.44. The molecule has 0 spiro atoms. The monoisotopic (exact) mass is 448 g/mol. The molecule has 0 atom stereocenters. The van der Waals surface area contributed by atoms with Crippen molar-refractivity contribution < 1.29 is 14.3 Å². The Labute approximate surface area is 190 Å². The Kier molecular flexibility index (Phi) is 6.87. The van der Waals surface area contributed by atoms with Gasteiger partial charge in [-0.2, -0.15) is 0 Å². The lowest BCUT2D eigenvalue weighted by Gasteiger charge is -2.10. The smallest absolute Gasteiger partial charge is 0.308 e. The summed E-state index contributed by atoms with van der Waals surface area (Å²) in [6, 6.07) is 23.2. The molecule has 1 aromatic heterocycles. The van der Waals surface area contributed by atoms with E-state index in [1.807, 2.05) is 79.7 Å². The quantitative estimate of drug-likeness (QED) is 0.269. The van der Waals surface area contributed by atoms with E-state index in [1.54, 1.807) is 4.57 Å². The molecule has 7 heteroatoms. The molecule has 0 aliphatic carbocycles. The molecule has 1 heterocycles. The average Bonchev–Trinajstić information content (AvgIpc) is 3.13. The van der Waals surface area contributed by atoms with Crippen LogP contribution < -0.4 is 14.3 Å². The van der Waals surface area contributed by atoms with Crippen LogP contribution in [0.5, 0.6) is 11.5 Å². The molecule has 32 heavy (non-hydrogen) atoms. The maximum atomic E-state index is 12.6. The normalized spacial score (nSPS) is 11.5. The maximum absolute atomic E-state index is 12.6. The number of hydrogen-bond acceptors (Lipinski definition) is 6. The van der Waals surface area contributed by atoms with Crippen molar-refractivity contribution in [2.75, 3.05) is 20.3 Å². The van der Waals surface area contributed by atoms with Crippen LogP contribution in [0, 0.1) is 0 Å². The first-order valence-corrected chi connectivity index (χ1v) is 11.2. The first-order valence-electron chi connectivity index (χ1n) is 10.4. The highest BCUT2D eigenvalue weighted by Gasteiger charge is 2.13. The minimum Gasteiger partial charge on any atom is -0.494 e. The summed E-state index contributed by atoms with van der Waals surface area (Å²) in [4.78, 5) is 17.7. The fourth-order valence-electron chi connectivity index (χ4n) is 3.46. The van der Waals surface area contributed by atoms with Crippen molar-refractivity contribution in [3.63, 3.8) is 0 Å². The summed E-state index contributed by atoms with van der Waals surface area (Å²) in [6.45, 7) is 3.37. The number of fused-ring (bicyclic) bond motifs is 1. The van der Waals surface area contributed by atoms with Crippen LogP contribution in [0.1, 0.15) is 18.1 Å². The van der Waals surface area contributed by atoms with E-state index in [9.17, 15) is 4.79 Å². The van der Waals surface area contributed by atoms with Gasteiger partial charge in [-0.25, -0.2) is 0 Å². The van der Waals surface area contributed by atoms with Gasteiger partial charge in [-0.15, -0.1) is 0 Å². The van der Waals surface area contributed by atoms with Crippen LogP contribution in [0.3, 0.4) is 0 Å². The van der Waals surface area contributed by atoms with Crippen LogP contribution in [-0.2, 0) is 11.4 Å². The molecule has 0 unspecified atom stereocenters. The first-order chi connectivity index (χ1) is 15.7. The van der Waals surface area contributed by atoms with Crippen molar-refractivity contribution in [2.45, 2.75) is 13.5 Å². The van der Waals surface area contributed by atoms with Crippen molar-refractivity contribution in [1.82, 2.24) is 4.57 Å². The van der Waals surface area contributed by atoms with Crippen molar-refractivity contribution in [2.24, 2.45) is 5.16 Å². The van der Waals surface area contributed by atoms with Gasteiger partial charge in [0.2, 0.25) is 0 Å². The highest BCUT2D eigenvalue weighted by atomic mass is 32.1. The fourth-order valence-corrected chi connectivity index (χ4v) is 4.42. The molecule has 0 saturated heterocycles. The molecule has 6 nitrogen and oxygen atoms in total. The second-order valence-corrected chi connectivity index (χ2v) is 7.94. The fraction of sp³-hybridized carbons (Fsp3) is 0.200. The largest absolute Gasteiger partial charge is 0.494 e. The summed E-state index contributed by atoms with van der Waals surface area (Å²) in [5, 5.41) is 4.21. The predicted molar refractivity (Wildman–Crippen MR) is 128 cm³/mol. The van der Waals surface area contributed by atoms with Crippen LogP contribution >= 0.6 is 11.3 Å². The van der Waals surface area contributed by atoms with Gasteiger partial charge in [0.25, 0.3) is 0 Å². The van der Waals surface area contributed by atoms with E-state index in [4.69, 9.17) is 14.3 Å². The highest BCUT2D eigenvalue weighted by molar-refractivity contribution is 7.16. The Morgan fingerprint density at radius 2 is 1.72 bits per heavy atom. The zero-order valence-electron chi connectivity index (χ0n) is 18.0. The lowest BCUT2D eigenvalue weighted by atomic mass is 10.0. The standard InChI is InChI=1S/C25H24N2O4S/c1-3-30-20-10-7-11-21(17-20)31-15-14-27-22-13-12-19(16-23(22)32-25(27)28)24(26-29-2)18-8-5-4-6-9-18/h4-13,16-17H,3,14-15H2,1-2H3. The van der Waals surface area contributed by atoms with Gasteiger partial charge >= 0.3 is 4.87 Å². The third kappa shape index (κ3) is 4.84. The Morgan fingerprint density at radius 1 is 0.938 bits per heavy atom. The number of rotatable bonds is 9. The Morgan fingerprint density at radius 3 is 2.47 bits per heavy atom. The second-order valence-electron chi connectivity index (χ2n) is 6.95. The van der Waals surface area contributed by atoms with Gasteiger partial charge < -0.3 is 14.3 Å². The summed E-state index contributed by atoms with van der Waals surface area (Å²) in [7, 11) is 1.53. The third-order valence-electron chi connectivity index (χ3n) is 4.87. The third-order valence-corrected chi connectivity index (χ3v) is 5.81. The van der Waals surface area contributed by atoms with E-state index in [0.29, 0.717) is 25.5 Å². The van der Waals surface area contributed by atoms with Crippen LogP contribution in [0.2, 0.25) is 0 Å². The number of thiazole rings is 1. The molecular weight excluding hydrogens is 424 g/mol. The highest BCUT2D eigenvalue weighted by Crippen LogP contribution is 2.23. The number of aromatic nitrogens is 1. The summed E-state index contributed by atoms with van der Waals surface area (Å²) in [6.07, 6.45) is 0. The number of benzene rings is 3. The van der Waals surface area contributed by atoms with E-state index in [2.05, 4.69) is 5.16 Å². The molecule has 0 bridgehead atoms. The van der Waals surface area contributed by atoms with E-state index in [-0.39, 0.29) is 4.87 Å². The molecule has 0 N–H and O–H groups in total. The molecule has 0 saturated carbocycles. The van der Waals surface area contributed by atoms with Crippen molar-refractivity contribution in [1.29, 1.82) is 0 Å². The second kappa shape index (κ2) is 10.2. The van der Waals surface area contributed by atoms with Crippen molar-refractivity contribution >= 4 is 27.3 Å². The van der Waals surface area contributed by atoms with Gasteiger partial charge in [-0.3, -0.25) is 9.36 Å². The van der Waals surface area contributed by atoms with Crippen molar-refractivity contribution in [3.8, 4) is 11.5 Å². The van der Waals surface area contributed by atoms with Gasteiger partial charge in [-0.05, 0) is 31.2 Å². The van der Waals surface area contributed by atoms with Gasteiger partial charge in [0.15, 0.2) is 0 Å². The summed E-state index contributed by atoms with van der Waals surface area (Å²) < 4.78 is 14.0. The topological polar surface area (TPSA) is 62.0 Å². The molecule has 0 aliphatic heterocycles. The minimum absolute atomic E-state index is 0.0197. The number of oxime groups is 1. The molecular formula is C25H24N2O4S. The lowest BCUT2D eigenvalue weighted by Crippen LogP contribution is -2.17. The molecule has 0 amide bonds. The molecule has 0 aliphatic rings. The number of nitrogens with zero attached hydrogens (tertiary/aromatic N) is 2. The SMILES string of the molecule is CCOc1cccc(OCCn2c(=O)sc3cc(C(=NOC)c4ccccc4)ccc32)c1. The van der Waals surface area contributed by atoms with Gasteiger partial charge in [0, 0.05) is 17.2 Å².